The molecule has 0 spiro atoms. The molecule has 2 heterocycles. The van der Waals surface area contributed by atoms with Crippen molar-refractivity contribution in [1.29, 1.82) is 0 Å². The van der Waals surface area contributed by atoms with Crippen LogP contribution in [0, 0.1) is 0 Å². The van der Waals surface area contributed by atoms with Gasteiger partial charge in [0.15, 0.2) is 0 Å². The highest BCUT2D eigenvalue weighted by Gasteiger charge is 2.19. The molecule has 0 saturated carbocycles. The van der Waals surface area contributed by atoms with Gasteiger partial charge in [-0.25, -0.2) is 15.0 Å². The largest absolute Gasteiger partial charge is 0.290 e. The third-order valence-corrected chi connectivity index (χ3v) is 2.81. The van der Waals surface area contributed by atoms with Gasteiger partial charge in [0, 0.05) is 29.1 Å². The zero-order chi connectivity index (χ0) is 14.8. The summed E-state index contributed by atoms with van der Waals surface area (Å²) in [6.07, 6.45) is 3.12. The summed E-state index contributed by atoms with van der Waals surface area (Å²) in [7, 11) is 0. The summed E-state index contributed by atoms with van der Waals surface area (Å²) in [6.45, 7) is 6.02. The van der Waals surface area contributed by atoms with Gasteiger partial charge in [0.05, 0.1) is 0 Å². The number of pyridine rings is 1. The summed E-state index contributed by atoms with van der Waals surface area (Å²) >= 11 is 5.98. The summed E-state index contributed by atoms with van der Waals surface area (Å²) in [5.41, 5.74) is 0.995. The van der Waals surface area contributed by atoms with Gasteiger partial charge >= 0.3 is 0 Å². The number of hydrogen-bond donors (Lipinski definition) is 1. The highest BCUT2D eigenvalue weighted by atomic mass is 35.5. The van der Waals surface area contributed by atoms with Crippen LogP contribution in [0.1, 0.15) is 36.8 Å². The lowest BCUT2D eigenvalue weighted by atomic mass is 9.91. The number of carbonyl (C=O) groups excluding carboxylic acids is 1. The lowest BCUT2D eigenvalue weighted by Gasteiger charge is -2.18. The van der Waals surface area contributed by atoms with Gasteiger partial charge in [-0.05, 0) is 18.2 Å². The lowest BCUT2D eigenvalue weighted by Crippen LogP contribution is -2.18. The summed E-state index contributed by atoms with van der Waals surface area (Å²) in [5.74, 6) is -0.0613. The predicted octanol–water partition coefficient (Wildman–Crippen LogP) is 3.07. The number of anilines is 1. The van der Waals surface area contributed by atoms with E-state index < -0.39 is 0 Å². The first kappa shape index (κ1) is 14.4. The fourth-order valence-electron chi connectivity index (χ4n) is 1.55. The van der Waals surface area contributed by atoms with E-state index in [9.17, 15) is 4.79 Å². The van der Waals surface area contributed by atoms with E-state index in [0.717, 1.165) is 5.69 Å². The molecule has 0 aliphatic heterocycles. The third kappa shape index (κ3) is 3.51. The average Bonchev–Trinajstić information content (AvgIpc) is 2.38. The van der Waals surface area contributed by atoms with Crippen molar-refractivity contribution >= 4 is 23.5 Å². The Morgan fingerprint density at radius 1 is 1.20 bits per heavy atom. The predicted molar refractivity (Wildman–Crippen MR) is 77.9 cm³/mol. The van der Waals surface area contributed by atoms with Crippen LogP contribution < -0.4 is 5.32 Å². The molecule has 20 heavy (non-hydrogen) atoms. The van der Waals surface area contributed by atoms with Crippen LogP contribution in [-0.2, 0) is 5.41 Å². The molecule has 0 atom stereocenters. The van der Waals surface area contributed by atoms with Crippen LogP contribution in [0.15, 0.2) is 30.6 Å². The van der Waals surface area contributed by atoms with Crippen molar-refractivity contribution in [2.75, 3.05) is 5.32 Å². The zero-order valence-electron chi connectivity index (χ0n) is 11.5. The molecule has 2 aromatic heterocycles. The van der Waals surface area contributed by atoms with Gasteiger partial charge in [-0.3, -0.25) is 10.1 Å². The maximum atomic E-state index is 12.2. The minimum absolute atomic E-state index is 0.191. The van der Waals surface area contributed by atoms with Crippen molar-refractivity contribution in [3.8, 4) is 0 Å². The van der Waals surface area contributed by atoms with Crippen molar-refractivity contribution in [2.45, 2.75) is 26.2 Å². The van der Waals surface area contributed by atoms with Crippen molar-refractivity contribution < 1.29 is 4.79 Å². The molecule has 0 radical (unpaired) electrons. The Kier molecular flexibility index (Phi) is 3.99. The van der Waals surface area contributed by atoms with Gasteiger partial charge < -0.3 is 0 Å². The smallest absolute Gasteiger partial charge is 0.258 e. The second-order valence-corrected chi connectivity index (χ2v) is 5.73. The Balaban J connectivity index is 2.29. The molecule has 5 nitrogen and oxygen atoms in total. The number of nitrogens with zero attached hydrogens (tertiary/aromatic N) is 3. The molecule has 0 fully saturated rings. The average molecular weight is 291 g/mol. The molecule has 6 heteroatoms. The van der Waals surface area contributed by atoms with Gasteiger partial charge in [0.1, 0.15) is 5.15 Å². The molecule has 0 bridgehead atoms. The molecule has 0 unspecified atom stereocenters. The quantitative estimate of drug-likeness (QED) is 0.863. The van der Waals surface area contributed by atoms with E-state index in [1.807, 2.05) is 20.8 Å². The minimum atomic E-state index is -0.314. The molecular weight excluding hydrogens is 276 g/mol. The first-order chi connectivity index (χ1) is 9.36. The van der Waals surface area contributed by atoms with E-state index in [1.165, 1.54) is 6.07 Å². The first-order valence-corrected chi connectivity index (χ1v) is 6.50. The van der Waals surface area contributed by atoms with Crippen molar-refractivity contribution in [3.05, 3.63) is 47.0 Å². The van der Waals surface area contributed by atoms with Crippen LogP contribution >= 0.6 is 11.6 Å². The van der Waals surface area contributed by atoms with Crippen LogP contribution in [0.5, 0.6) is 0 Å². The Hall–Kier alpha value is -2.01. The summed E-state index contributed by atoms with van der Waals surface area (Å²) in [4.78, 5) is 24.3. The number of rotatable bonds is 2. The molecule has 0 saturated heterocycles. The number of aromatic nitrogens is 3. The van der Waals surface area contributed by atoms with Crippen LogP contribution in [0.3, 0.4) is 0 Å². The highest BCUT2D eigenvalue weighted by molar-refractivity contribution is 6.29. The first-order valence-electron chi connectivity index (χ1n) is 6.13. The number of nitrogens with one attached hydrogen (secondary N) is 1. The molecule has 0 aromatic carbocycles. The Morgan fingerprint density at radius 2 is 1.85 bits per heavy atom. The van der Waals surface area contributed by atoms with Gasteiger partial charge in [0.25, 0.3) is 5.91 Å². The second-order valence-electron chi connectivity index (χ2n) is 5.34. The molecule has 104 valence electrons. The van der Waals surface area contributed by atoms with Crippen molar-refractivity contribution in [3.63, 3.8) is 0 Å². The van der Waals surface area contributed by atoms with E-state index in [0.29, 0.717) is 5.56 Å². The monoisotopic (exact) mass is 290 g/mol. The molecule has 1 N–H and O–H groups in total. The number of halogens is 1. The van der Waals surface area contributed by atoms with Crippen molar-refractivity contribution in [2.24, 2.45) is 0 Å². The highest BCUT2D eigenvalue weighted by Crippen LogP contribution is 2.23. The molecule has 0 aliphatic carbocycles. The Bertz CT molecular complexity index is 623. The molecule has 2 aromatic rings. The number of amides is 1. The Morgan fingerprint density at radius 3 is 2.45 bits per heavy atom. The fourth-order valence-corrected chi connectivity index (χ4v) is 1.76. The number of carbonyl (C=O) groups is 1. The van der Waals surface area contributed by atoms with E-state index >= 15 is 0 Å². The molecular formula is C14H15ClN4O. The summed E-state index contributed by atoms with van der Waals surface area (Å²) in [6, 6.07) is 4.93. The van der Waals surface area contributed by atoms with Crippen LogP contribution in [-0.4, -0.2) is 20.9 Å². The van der Waals surface area contributed by atoms with Crippen LogP contribution in [0.2, 0.25) is 5.15 Å². The SMILES string of the molecule is CC(C)(C)c1cc(C(=O)Nc2ncccn2)cc(Cl)n1. The van der Waals surface area contributed by atoms with E-state index in [1.54, 1.807) is 24.5 Å². The van der Waals surface area contributed by atoms with Gasteiger partial charge in [-0.15, -0.1) is 0 Å². The molecule has 2 rings (SSSR count). The topological polar surface area (TPSA) is 67.8 Å². The van der Waals surface area contributed by atoms with Gasteiger partial charge in [-0.2, -0.15) is 0 Å². The maximum absolute atomic E-state index is 12.2. The Labute approximate surface area is 122 Å². The summed E-state index contributed by atoms with van der Waals surface area (Å²) < 4.78 is 0. The van der Waals surface area contributed by atoms with E-state index in [4.69, 9.17) is 11.6 Å². The standard InChI is InChI=1S/C14H15ClN4O/c1-14(2,3)10-7-9(8-11(15)18-10)12(20)19-13-16-5-4-6-17-13/h4-8H,1-3H3,(H,16,17,19,20). The third-order valence-electron chi connectivity index (χ3n) is 2.62. The lowest BCUT2D eigenvalue weighted by molar-refractivity contribution is 0.102. The van der Waals surface area contributed by atoms with Crippen LogP contribution in [0.4, 0.5) is 5.95 Å². The van der Waals surface area contributed by atoms with Gasteiger partial charge in [0.2, 0.25) is 5.95 Å². The van der Waals surface area contributed by atoms with Crippen LogP contribution in [0.25, 0.3) is 0 Å². The van der Waals surface area contributed by atoms with E-state index in [2.05, 4.69) is 20.3 Å². The van der Waals surface area contributed by atoms with E-state index in [-0.39, 0.29) is 22.4 Å². The molecule has 0 aliphatic rings. The second kappa shape index (κ2) is 5.54. The van der Waals surface area contributed by atoms with Crippen molar-refractivity contribution in [1.82, 2.24) is 15.0 Å². The van der Waals surface area contributed by atoms with Gasteiger partial charge in [-0.1, -0.05) is 32.4 Å². The fraction of sp³-hybridized carbons (Fsp3) is 0.286. The zero-order valence-corrected chi connectivity index (χ0v) is 12.3. The maximum Gasteiger partial charge on any atom is 0.258 e. The minimum Gasteiger partial charge on any atom is -0.290 e. The normalized spacial score (nSPS) is 11.2. The molecule has 1 amide bonds. The number of hydrogen-bond acceptors (Lipinski definition) is 4. The summed E-state index contributed by atoms with van der Waals surface area (Å²) in [5, 5.41) is 2.90.